The van der Waals surface area contributed by atoms with Crippen molar-refractivity contribution in [2.24, 2.45) is 0 Å². The molecule has 0 aromatic carbocycles. The Labute approximate surface area is 108 Å². The van der Waals surface area contributed by atoms with Crippen molar-refractivity contribution >= 4 is 11.3 Å². The van der Waals surface area contributed by atoms with E-state index in [4.69, 9.17) is 0 Å². The summed E-state index contributed by atoms with van der Waals surface area (Å²) in [5.74, 6) is 0. The SMILES string of the molecule is CCC(CC)(C(O)Cc1csc(C)n1)N(C)C. The van der Waals surface area contributed by atoms with Gasteiger partial charge in [0.2, 0.25) is 0 Å². The highest BCUT2D eigenvalue weighted by atomic mass is 32.1. The fourth-order valence-electron chi connectivity index (χ4n) is 2.54. The summed E-state index contributed by atoms with van der Waals surface area (Å²) in [6.45, 7) is 6.28. The van der Waals surface area contributed by atoms with E-state index in [-0.39, 0.29) is 11.6 Å². The van der Waals surface area contributed by atoms with Crippen molar-refractivity contribution in [1.29, 1.82) is 0 Å². The molecule has 0 aliphatic heterocycles. The minimum absolute atomic E-state index is 0.141. The third kappa shape index (κ3) is 3.06. The van der Waals surface area contributed by atoms with Gasteiger partial charge in [-0.3, -0.25) is 0 Å². The smallest absolute Gasteiger partial charge is 0.0897 e. The molecule has 1 N–H and O–H groups in total. The highest BCUT2D eigenvalue weighted by Crippen LogP contribution is 2.28. The fraction of sp³-hybridized carbons (Fsp3) is 0.769. The number of rotatable bonds is 6. The van der Waals surface area contributed by atoms with Crippen LogP contribution in [0.2, 0.25) is 0 Å². The zero-order chi connectivity index (χ0) is 13.1. The predicted molar refractivity (Wildman–Crippen MR) is 73.6 cm³/mol. The number of aryl methyl sites for hydroxylation is 1. The minimum Gasteiger partial charge on any atom is -0.391 e. The van der Waals surface area contributed by atoms with E-state index in [2.05, 4.69) is 23.7 Å². The van der Waals surface area contributed by atoms with Gasteiger partial charge >= 0.3 is 0 Å². The monoisotopic (exact) mass is 256 g/mol. The van der Waals surface area contributed by atoms with Crippen LogP contribution in [0.15, 0.2) is 5.38 Å². The summed E-state index contributed by atoms with van der Waals surface area (Å²) < 4.78 is 0. The fourth-order valence-corrected chi connectivity index (χ4v) is 3.17. The molecule has 98 valence electrons. The lowest BCUT2D eigenvalue weighted by Gasteiger charge is -2.42. The van der Waals surface area contributed by atoms with Crippen molar-refractivity contribution in [3.05, 3.63) is 16.1 Å². The van der Waals surface area contributed by atoms with Crippen LogP contribution in [-0.2, 0) is 6.42 Å². The zero-order valence-corrected chi connectivity index (χ0v) is 12.3. The summed E-state index contributed by atoms with van der Waals surface area (Å²) in [5.41, 5.74) is 0.866. The first kappa shape index (κ1) is 14.6. The minimum atomic E-state index is -0.367. The standard InChI is InChI=1S/C13H24N2OS/c1-6-13(7-2,15(4)5)12(16)8-11-9-17-10(3)14-11/h9,12,16H,6-8H2,1-5H3. The molecule has 0 radical (unpaired) electrons. The van der Waals surface area contributed by atoms with Crippen LogP contribution in [0.25, 0.3) is 0 Å². The van der Waals surface area contributed by atoms with Crippen molar-refractivity contribution in [3.63, 3.8) is 0 Å². The van der Waals surface area contributed by atoms with Gasteiger partial charge in [0.1, 0.15) is 0 Å². The Hall–Kier alpha value is -0.450. The lowest BCUT2D eigenvalue weighted by molar-refractivity contribution is -0.0130. The Morgan fingerprint density at radius 1 is 1.41 bits per heavy atom. The molecule has 3 nitrogen and oxygen atoms in total. The van der Waals surface area contributed by atoms with Crippen LogP contribution in [0, 0.1) is 6.92 Å². The van der Waals surface area contributed by atoms with E-state index >= 15 is 0 Å². The van der Waals surface area contributed by atoms with Crippen molar-refractivity contribution in [2.45, 2.75) is 51.7 Å². The number of hydrogen-bond acceptors (Lipinski definition) is 4. The molecule has 0 bridgehead atoms. The van der Waals surface area contributed by atoms with Crippen LogP contribution in [-0.4, -0.2) is 40.7 Å². The van der Waals surface area contributed by atoms with Crippen LogP contribution in [0.1, 0.15) is 37.4 Å². The second-order valence-corrected chi connectivity index (χ2v) is 5.85. The lowest BCUT2D eigenvalue weighted by atomic mass is 9.83. The largest absolute Gasteiger partial charge is 0.391 e. The van der Waals surface area contributed by atoms with E-state index in [1.807, 2.05) is 26.4 Å². The normalized spacial score (nSPS) is 14.3. The average molecular weight is 256 g/mol. The van der Waals surface area contributed by atoms with Gasteiger partial charge in [-0.15, -0.1) is 11.3 Å². The van der Waals surface area contributed by atoms with Gasteiger partial charge in [-0.2, -0.15) is 0 Å². The second-order valence-electron chi connectivity index (χ2n) is 4.78. The zero-order valence-electron chi connectivity index (χ0n) is 11.5. The molecule has 1 aromatic heterocycles. The highest BCUT2D eigenvalue weighted by Gasteiger charge is 2.36. The van der Waals surface area contributed by atoms with Crippen molar-refractivity contribution in [2.75, 3.05) is 14.1 Å². The molecule has 0 fully saturated rings. The average Bonchev–Trinajstić information content (AvgIpc) is 2.66. The summed E-state index contributed by atoms with van der Waals surface area (Å²) in [7, 11) is 4.09. The van der Waals surface area contributed by atoms with Crippen molar-refractivity contribution in [1.82, 2.24) is 9.88 Å². The summed E-state index contributed by atoms with van der Waals surface area (Å²) in [6, 6.07) is 0. The Bertz CT molecular complexity index is 345. The highest BCUT2D eigenvalue weighted by molar-refractivity contribution is 7.09. The third-order valence-electron chi connectivity index (χ3n) is 3.80. The summed E-state index contributed by atoms with van der Waals surface area (Å²) in [5, 5.41) is 13.6. The van der Waals surface area contributed by atoms with Gasteiger partial charge in [0, 0.05) is 17.3 Å². The summed E-state index contributed by atoms with van der Waals surface area (Å²) >= 11 is 1.64. The molecule has 0 aliphatic rings. The molecule has 1 unspecified atom stereocenters. The molecule has 0 saturated carbocycles. The van der Waals surface area contributed by atoms with Crippen LogP contribution in [0.5, 0.6) is 0 Å². The van der Waals surface area contributed by atoms with Crippen molar-refractivity contribution < 1.29 is 5.11 Å². The van der Waals surface area contributed by atoms with E-state index in [9.17, 15) is 5.11 Å². The van der Waals surface area contributed by atoms with Gasteiger partial charge in [0.05, 0.1) is 16.8 Å². The van der Waals surface area contributed by atoms with Gasteiger partial charge in [-0.1, -0.05) is 13.8 Å². The maximum Gasteiger partial charge on any atom is 0.0897 e. The maximum absolute atomic E-state index is 10.5. The van der Waals surface area contributed by atoms with E-state index in [1.54, 1.807) is 11.3 Å². The molecule has 0 aliphatic carbocycles. The molecule has 0 amide bonds. The van der Waals surface area contributed by atoms with E-state index < -0.39 is 0 Å². The van der Waals surface area contributed by atoms with Crippen LogP contribution in [0.3, 0.4) is 0 Å². The summed E-state index contributed by atoms with van der Waals surface area (Å²) in [4.78, 5) is 6.58. The van der Waals surface area contributed by atoms with Gasteiger partial charge in [-0.05, 0) is 33.9 Å². The molecule has 1 aromatic rings. The van der Waals surface area contributed by atoms with Crippen LogP contribution >= 0.6 is 11.3 Å². The maximum atomic E-state index is 10.5. The molecule has 0 saturated heterocycles. The molecule has 1 atom stereocenters. The number of nitrogens with zero attached hydrogens (tertiary/aromatic N) is 2. The first-order chi connectivity index (χ1) is 7.96. The molecule has 17 heavy (non-hydrogen) atoms. The number of likely N-dealkylation sites (N-methyl/N-ethyl adjacent to an activating group) is 1. The number of aromatic nitrogens is 1. The second kappa shape index (κ2) is 5.94. The first-order valence-electron chi connectivity index (χ1n) is 6.22. The Kier molecular flexibility index (Phi) is 5.10. The Balaban J connectivity index is 2.82. The molecule has 1 rings (SSSR count). The molecule has 0 spiro atoms. The topological polar surface area (TPSA) is 36.4 Å². The number of aliphatic hydroxyl groups excluding tert-OH is 1. The number of aliphatic hydroxyl groups is 1. The molecular formula is C13H24N2OS. The first-order valence-corrected chi connectivity index (χ1v) is 7.10. The Morgan fingerprint density at radius 3 is 2.35 bits per heavy atom. The quantitative estimate of drug-likeness (QED) is 0.849. The lowest BCUT2D eigenvalue weighted by Crippen LogP contribution is -2.53. The van der Waals surface area contributed by atoms with E-state index in [0.717, 1.165) is 23.5 Å². The van der Waals surface area contributed by atoms with Crippen LogP contribution < -0.4 is 0 Å². The van der Waals surface area contributed by atoms with E-state index in [0.29, 0.717) is 6.42 Å². The predicted octanol–water partition coefficient (Wildman–Crippen LogP) is 2.48. The molecular weight excluding hydrogens is 232 g/mol. The van der Waals surface area contributed by atoms with Crippen LogP contribution in [0.4, 0.5) is 0 Å². The van der Waals surface area contributed by atoms with E-state index in [1.165, 1.54) is 0 Å². The molecule has 4 heteroatoms. The number of hydrogen-bond donors (Lipinski definition) is 1. The molecule has 1 heterocycles. The van der Waals surface area contributed by atoms with Crippen molar-refractivity contribution in [3.8, 4) is 0 Å². The number of thiazole rings is 1. The van der Waals surface area contributed by atoms with Gasteiger partial charge in [0.25, 0.3) is 0 Å². The van der Waals surface area contributed by atoms with Gasteiger partial charge in [-0.25, -0.2) is 4.98 Å². The van der Waals surface area contributed by atoms with Gasteiger partial charge < -0.3 is 10.0 Å². The Morgan fingerprint density at radius 2 is 2.00 bits per heavy atom. The van der Waals surface area contributed by atoms with Gasteiger partial charge in [0.15, 0.2) is 0 Å². The third-order valence-corrected chi connectivity index (χ3v) is 4.63. The summed E-state index contributed by atoms with van der Waals surface area (Å²) in [6.07, 6.45) is 2.17.